The van der Waals surface area contributed by atoms with Gasteiger partial charge in [0.1, 0.15) is 0 Å². The van der Waals surface area contributed by atoms with Crippen molar-refractivity contribution in [3.8, 4) is 0 Å². The van der Waals surface area contributed by atoms with Gasteiger partial charge in [-0.25, -0.2) is 4.79 Å². The molecule has 3 heteroatoms. The molecule has 3 nitrogen and oxygen atoms in total. The number of carbonyl (C=O) groups is 1. The highest BCUT2D eigenvalue weighted by Crippen LogP contribution is 2.07. The van der Waals surface area contributed by atoms with Crippen LogP contribution in [0.1, 0.15) is 46.5 Å². The summed E-state index contributed by atoms with van der Waals surface area (Å²) in [5, 5.41) is 2.71. The minimum absolute atomic E-state index is 0.295. The van der Waals surface area contributed by atoms with Crippen molar-refractivity contribution >= 4 is 6.09 Å². The van der Waals surface area contributed by atoms with Crippen LogP contribution < -0.4 is 5.32 Å². The number of hydrogen-bond acceptors (Lipinski definition) is 2. The average molecular weight is 201 g/mol. The highest BCUT2D eigenvalue weighted by molar-refractivity contribution is 5.66. The average Bonchev–Trinajstić information content (AvgIpc) is 2.11. The third-order valence-corrected chi connectivity index (χ3v) is 2.00. The molecule has 84 valence electrons. The van der Waals surface area contributed by atoms with Crippen molar-refractivity contribution in [3.63, 3.8) is 0 Å². The van der Waals surface area contributed by atoms with Crippen LogP contribution in [-0.4, -0.2) is 19.2 Å². The number of amides is 1. The van der Waals surface area contributed by atoms with Crippen LogP contribution in [0.15, 0.2) is 0 Å². The Morgan fingerprint density at radius 3 is 2.57 bits per heavy atom. The van der Waals surface area contributed by atoms with Crippen LogP contribution in [0.5, 0.6) is 0 Å². The van der Waals surface area contributed by atoms with E-state index in [1.165, 1.54) is 19.3 Å². The van der Waals surface area contributed by atoms with Crippen molar-refractivity contribution in [1.82, 2.24) is 5.32 Å². The van der Waals surface area contributed by atoms with E-state index in [9.17, 15) is 4.79 Å². The molecule has 0 aromatic rings. The lowest BCUT2D eigenvalue weighted by atomic mass is 10.1. The predicted octanol–water partition coefficient (Wildman–Crippen LogP) is 2.95. The molecule has 0 heterocycles. The number of rotatable bonds is 7. The van der Waals surface area contributed by atoms with Gasteiger partial charge in [-0.3, -0.25) is 0 Å². The van der Waals surface area contributed by atoms with E-state index in [0.717, 1.165) is 18.9 Å². The molecule has 0 fully saturated rings. The van der Waals surface area contributed by atoms with E-state index in [1.54, 1.807) is 0 Å². The standard InChI is InChI=1S/C11H23NO2/c1-4-14-11(13)12-9-7-5-6-8-10(2)3/h10H,4-9H2,1-3H3,(H,12,13). The molecule has 1 N–H and O–H groups in total. The Hall–Kier alpha value is -0.730. The van der Waals surface area contributed by atoms with E-state index in [4.69, 9.17) is 4.74 Å². The van der Waals surface area contributed by atoms with Gasteiger partial charge < -0.3 is 10.1 Å². The zero-order chi connectivity index (χ0) is 10.8. The fourth-order valence-electron chi connectivity index (χ4n) is 1.23. The number of hydrogen-bond donors (Lipinski definition) is 1. The van der Waals surface area contributed by atoms with Crippen molar-refractivity contribution in [2.24, 2.45) is 5.92 Å². The number of unbranched alkanes of at least 4 members (excludes halogenated alkanes) is 2. The monoisotopic (exact) mass is 201 g/mol. The zero-order valence-electron chi connectivity index (χ0n) is 9.64. The molecule has 0 bridgehead atoms. The first-order chi connectivity index (χ1) is 6.66. The highest BCUT2D eigenvalue weighted by Gasteiger charge is 1.98. The van der Waals surface area contributed by atoms with Gasteiger partial charge in [0, 0.05) is 6.54 Å². The number of alkyl carbamates (subject to hydrolysis) is 1. The van der Waals surface area contributed by atoms with E-state index in [1.807, 2.05) is 6.92 Å². The molecule has 0 spiro atoms. The summed E-state index contributed by atoms with van der Waals surface area (Å²) in [6.45, 7) is 7.45. The zero-order valence-corrected chi connectivity index (χ0v) is 9.64. The Balaban J connectivity index is 3.09. The van der Waals surface area contributed by atoms with Gasteiger partial charge in [-0.2, -0.15) is 0 Å². The van der Waals surface area contributed by atoms with Gasteiger partial charge in [0.25, 0.3) is 0 Å². The smallest absolute Gasteiger partial charge is 0.407 e. The molecule has 0 saturated carbocycles. The van der Waals surface area contributed by atoms with Crippen molar-refractivity contribution in [3.05, 3.63) is 0 Å². The van der Waals surface area contributed by atoms with Gasteiger partial charge in [-0.15, -0.1) is 0 Å². The Labute approximate surface area is 87.2 Å². The largest absolute Gasteiger partial charge is 0.450 e. The molecule has 0 radical (unpaired) electrons. The maximum atomic E-state index is 10.9. The highest BCUT2D eigenvalue weighted by atomic mass is 16.5. The molecular weight excluding hydrogens is 178 g/mol. The van der Waals surface area contributed by atoms with Crippen LogP contribution in [0.3, 0.4) is 0 Å². The minimum Gasteiger partial charge on any atom is -0.450 e. The summed E-state index contributed by atoms with van der Waals surface area (Å²) in [5.41, 5.74) is 0. The van der Waals surface area contributed by atoms with Crippen LogP contribution in [-0.2, 0) is 4.74 Å². The molecule has 0 saturated heterocycles. The summed E-state index contributed by atoms with van der Waals surface area (Å²) in [5.74, 6) is 0.785. The molecule has 0 aliphatic carbocycles. The fraction of sp³-hybridized carbons (Fsp3) is 0.909. The molecule has 0 aromatic heterocycles. The van der Waals surface area contributed by atoms with E-state index in [2.05, 4.69) is 19.2 Å². The molecule has 1 amide bonds. The molecule has 14 heavy (non-hydrogen) atoms. The third kappa shape index (κ3) is 9.36. The van der Waals surface area contributed by atoms with Gasteiger partial charge in [0.15, 0.2) is 0 Å². The van der Waals surface area contributed by atoms with Crippen molar-refractivity contribution in [1.29, 1.82) is 0 Å². The second-order valence-corrected chi connectivity index (χ2v) is 3.89. The molecule has 0 unspecified atom stereocenters. The van der Waals surface area contributed by atoms with Gasteiger partial charge in [-0.05, 0) is 19.3 Å². The van der Waals surface area contributed by atoms with Crippen LogP contribution in [0.2, 0.25) is 0 Å². The molecule has 0 aliphatic rings. The van der Waals surface area contributed by atoms with E-state index in [-0.39, 0.29) is 6.09 Å². The van der Waals surface area contributed by atoms with Crippen LogP contribution in [0.25, 0.3) is 0 Å². The van der Waals surface area contributed by atoms with Crippen molar-refractivity contribution in [2.45, 2.75) is 46.5 Å². The molecule has 0 aliphatic heterocycles. The lowest BCUT2D eigenvalue weighted by molar-refractivity contribution is 0.152. The minimum atomic E-state index is -0.295. The predicted molar refractivity (Wildman–Crippen MR) is 58.3 cm³/mol. The Bertz CT molecular complexity index is 146. The van der Waals surface area contributed by atoms with Gasteiger partial charge >= 0.3 is 6.09 Å². The summed E-state index contributed by atoms with van der Waals surface area (Å²) < 4.78 is 4.74. The Morgan fingerprint density at radius 2 is 2.00 bits per heavy atom. The van der Waals surface area contributed by atoms with Gasteiger partial charge in [-0.1, -0.05) is 33.1 Å². The van der Waals surface area contributed by atoms with Crippen molar-refractivity contribution in [2.75, 3.05) is 13.2 Å². The second-order valence-electron chi connectivity index (χ2n) is 3.89. The number of nitrogens with one attached hydrogen (secondary N) is 1. The lowest BCUT2D eigenvalue weighted by Gasteiger charge is -2.06. The first-order valence-corrected chi connectivity index (χ1v) is 5.57. The summed E-state index contributed by atoms with van der Waals surface area (Å²) in [6, 6.07) is 0. The SMILES string of the molecule is CCOC(=O)NCCCCCC(C)C. The van der Waals surface area contributed by atoms with E-state index >= 15 is 0 Å². The normalized spacial score (nSPS) is 10.3. The molecular formula is C11H23NO2. The first kappa shape index (κ1) is 13.3. The fourth-order valence-corrected chi connectivity index (χ4v) is 1.23. The third-order valence-electron chi connectivity index (χ3n) is 2.00. The lowest BCUT2D eigenvalue weighted by Crippen LogP contribution is -2.25. The number of ether oxygens (including phenoxy) is 1. The first-order valence-electron chi connectivity index (χ1n) is 5.57. The van der Waals surface area contributed by atoms with Crippen LogP contribution in [0.4, 0.5) is 4.79 Å². The summed E-state index contributed by atoms with van der Waals surface area (Å²) in [7, 11) is 0. The van der Waals surface area contributed by atoms with Gasteiger partial charge in [0.05, 0.1) is 6.61 Å². The Kier molecular flexibility index (Phi) is 8.39. The summed E-state index contributed by atoms with van der Waals surface area (Å²) in [6.07, 6.45) is 4.47. The summed E-state index contributed by atoms with van der Waals surface area (Å²) in [4.78, 5) is 10.9. The molecule has 0 rings (SSSR count). The number of carbonyl (C=O) groups excluding carboxylic acids is 1. The van der Waals surface area contributed by atoms with Crippen LogP contribution >= 0.6 is 0 Å². The maximum absolute atomic E-state index is 10.9. The maximum Gasteiger partial charge on any atom is 0.407 e. The quantitative estimate of drug-likeness (QED) is 0.643. The van der Waals surface area contributed by atoms with E-state index in [0.29, 0.717) is 6.61 Å². The van der Waals surface area contributed by atoms with Crippen molar-refractivity contribution < 1.29 is 9.53 Å². The van der Waals surface area contributed by atoms with Gasteiger partial charge in [0.2, 0.25) is 0 Å². The van der Waals surface area contributed by atoms with E-state index < -0.39 is 0 Å². The topological polar surface area (TPSA) is 38.3 Å². The summed E-state index contributed by atoms with van der Waals surface area (Å²) >= 11 is 0. The Morgan fingerprint density at radius 1 is 1.29 bits per heavy atom. The molecule has 0 aromatic carbocycles. The van der Waals surface area contributed by atoms with Crippen LogP contribution in [0, 0.1) is 5.92 Å². The molecule has 0 atom stereocenters. The second kappa shape index (κ2) is 8.85.